The lowest BCUT2D eigenvalue weighted by Gasteiger charge is -2.08. The number of aromatic nitrogens is 3. The molecule has 0 atom stereocenters. The van der Waals surface area contributed by atoms with Gasteiger partial charge in [-0.25, -0.2) is 9.97 Å². The second-order valence-corrected chi connectivity index (χ2v) is 3.66. The van der Waals surface area contributed by atoms with Crippen LogP contribution in [0.1, 0.15) is 11.4 Å². The van der Waals surface area contributed by atoms with Crippen molar-refractivity contribution in [3.8, 4) is 0 Å². The summed E-state index contributed by atoms with van der Waals surface area (Å²) in [5.74, 6) is -1.03. The second kappa shape index (κ2) is 3.99. The smallest absolute Gasteiger partial charge is 0.395 e. The molecule has 0 spiro atoms. The number of fused-ring (bicyclic) bond motifs is 1. The molecule has 1 N–H and O–H groups in total. The van der Waals surface area contributed by atoms with Crippen molar-refractivity contribution >= 4 is 11.2 Å². The maximum atomic E-state index is 12.7. The Hall–Kier alpha value is -1.63. The third-order valence-corrected chi connectivity index (χ3v) is 2.30. The number of aryl methyl sites for hydroxylation is 1. The monoisotopic (exact) mass is 245 g/mol. The van der Waals surface area contributed by atoms with Gasteiger partial charge in [-0.15, -0.1) is 0 Å². The lowest BCUT2D eigenvalue weighted by Crippen LogP contribution is -2.16. The Bertz CT molecular complexity index is 547. The number of aliphatic hydroxyl groups excluding tert-OH is 1. The summed E-state index contributed by atoms with van der Waals surface area (Å²) in [6.07, 6.45) is -3.08. The fourth-order valence-corrected chi connectivity index (χ4v) is 1.64. The first-order valence-electron chi connectivity index (χ1n) is 4.94. The number of pyridine rings is 1. The number of hydrogen-bond acceptors (Lipinski definition) is 3. The molecule has 0 aromatic carbocycles. The van der Waals surface area contributed by atoms with Crippen molar-refractivity contribution in [3.05, 3.63) is 23.7 Å². The van der Waals surface area contributed by atoms with E-state index in [4.69, 9.17) is 5.11 Å². The summed E-state index contributed by atoms with van der Waals surface area (Å²) in [5.41, 5.74) is 1.06. The number of imidazole rings is 1. The molecule has 17 heavy (non-hydrogen) atoms. The molecule has 2 rings (SSSR count). The molecule has 0 unspecified atom stereocenters. The molecule has 0 radical (unpaired) electrons. The van der Waals surface area contributed by atoms with Gasteiger partial charge in [0.2, 0.25) is 5.82 Å². The van der Waals surface area contributed by atoms with Crippen LogP contribution in [0.5, 0.6) is 0 Å². The van der Waals surface area contributed by atoms with E-state index < -0.39 is 18.6 Å². The van der Waals surface area contributed by atoms with Crippen LogP contribution in [-0.4, -0.2) is 26.2 Å². The summed E-state index contributed by atoms with van der Waals surface area (Å²) in [4.78, 5) is 7.45. The average Bonchev–Trinajstić information content (AvgIpc) is 2.56. The third kappa shape index (κ3) is 2.10. The molecule has 0 fully saturated rings. The van der Waals surface area contributed by atoms with Crippen LogP contribution >= 0.6 is 0 Å². The number of hydrogen-bond donors (Lipinski definition) is 1. The fraction of sp³-hybridized carbons (Fsp3) is 0.400. The Morgan fingerprint density at radius 1 is 1.41 bits per heavy atom. The highest BCUT2D eigenvalue weighted by Gasteiger charge is 2.37. The molecule has 0 saturated heterocycles. The molecule has 0 bridgehead atoms. The molecule has 0 aliphatic heterocycles. The number of rotatable bonds is 2. The van der Waals surface area contributed by atoms with E-state index in [0.29, 0.717) is 0 Å². The molecule has 92 valence electrons. The van der Waals surface area contributed by atoms with Gasteiger partial charge in [0.25, 0.3) is 0 Å². The van der Waals surface area contributed by atoms with E-state index in [9.17, 15) is 13.2 Å². The standard InChI is InChI=1S/C10H10F3N3O/c1-6-4-7-8(14-5-6)16(2-3-17)9(15-7)10(11,12)13/h4-5,17H,2-3H2,1H3. The molecule has 0 aliphatic carbocycles. The molecule has 2 heterocycles. The maximum Gasteiger partial charge on any atom is 0.449 e. The van der Waals surface area contributed by atoms with Crippen molar-refractivity contribution in [2.45, 2.75) is 19.6 Å². The summed E-state index contributed by atoms with van der Waals surface area (Å²) in [6, 6.07) is 1.53. The van der Waals surface area contributed by atoms with Crippen LogP contribution in [0, 0.1) is 6.92 Å². The average molecular weight is 245 g/mol. The highest BCUT2D eigenvalue weighted by atomic mass is 19.4. The zero-order chi connectivity index (χ0) is 12.6. The Labute approximate surface area is 94.7 Å². The van der Waals surface area contributed by atoms with E-state index >= 15 is 0 Å². The van der Waals surface area contributed by atoms with Gasteiger partial charge < -0.3 is 9.67 Å². The minimum atomic E-state index is -4.55. The van der Waals surface area contributed by atoms with Crippen LogP contribution in [0.15, 0.2) is 12.3 Å². The van der Waals surface area contributed by atoms with Gasteiger partial charge >= 0.3 is 6.18 Å². The Balaban J connectivity index is 2.70. The van der Waals surface area contributed by atoms with Gasteiger partial charge in [-0.1, -0.05) is 0 Å². The van der Waals surface area contributed by atoms with Crippen LogP contribution < -0.4 is 0 Å². The van der Waals surface area contributed by atoms with Crippen molar-refractivity contribution in [1.82, 2.24) is 14.5 Å². The first kappa shape index (κ1) is 11.8. The normalized spacial score (nSPS) is 12.3. The highest BCUT2D eigenvalue weighted by Crippen LogP contribution is 2.30. The number of alkyl halides is 3. The maximum absolute atomic E-state index is 12.7. The Morgan fingerprint density at radius 2 is 2.12 bits per heavy atom. The third-order valence-electron chi connectivity index (χ3n) is 2.30. The minimum Gasteiger partial charge on any atom is -0.395 e. The first-order valence-corrected chi connectivity index (χ1v) is 4.94. The summed E-state index contributed by atoms with van der Waals surface area (Å²) in [5, 5.41) is 8.80. The number of halogens is 3. The number of nitrogens with zero attached hydrogens (tertiary/aromatic N) is 3. The number of aliphatic hydroxyl groups is 1. The fourth-order valence-electron chi connectivity index (χ4n) is 1.64. The van der Waals surface area contributed by atoms with Crippen LogP contribution in [0.25, 0.3) is 11.2 Å². The lowest BCUT2D eigenvalue weighted by molar-refractivity contribution is -0.147. The van der Waals surface area contributed by atoms with Gasteiger partial charge in [0.1, 0.15) is 5.52 Å². The van der Waals surface area contributed by atoms with Crippen molar-refractivity contribution < 1.29 is 18.3 Å². The summed E-state index contributed by atoms with van der Waals surface area (Å²) in [6.45, 7) is 1.15. The first-order chi connectivity index (χ1) is 7.93. The minimum absolute atomic E-state index is 0.136. The summed E-state index contributed by atoms with van der Waals surface area (Å²) < 4.78 is 39.0. The van der Waals surface area contributed by atoms with E-state index in [-0.39, 0.29) is 17.7 Å². The van der Waals surface area contributed by atoms with E-state index in [2.05, 4.69) is 9.97 Å². The lowest BCUT2D eigenvalue weighted by atomic mass is 10.3. The van der Waals surface area contributed by atoms with Gasteiger partial charge in [-0.05, 0) is 18.6 Å². The van der Waals surface area contributed by atoms with E-state index in [0.717, 1.165) is 10.1 Å². The van der Waals surface area contributed by atoms with Crippen LogP contribution in [0.3, 0.4) is 0 Å². The molecule has 2 aromatic rings. The van der Waals surface area contributed by atoms with E-state index in [1.165, 1.54) is 12.3 Å². The van der Waals surface area contributed by atoms with Gasteiger partial charge in [0.15, 0.2) is 5.65 Å². The van der Waals surface area contributed by atoms with Crippen molar-refractivity contribution in [2.24, 2.45) is 0 Å². The molecule has 2 aromatic heterocycles. The zero-order valence-corrected chi connectivity index (χ0v) is 8.99. The van der Waals surface area contributed by atoms with Crippen LogP contribution in [0.4, 0.5) is 13.2 Å². The Kier molecular flexibility index (Phi) is 2.78. The molecular weight excluding hydrogens is 235 g/mol. The SMILES string of the molecule is Cc1cnc2c(c1)nc(C(F)(F)F)n2CCO. The van der Waals surface area contributed by atoms with Gasteiger partial charge in [-0.3, -0.25) is 0 Å². The van der Waals surface area contributed by atoms with E-state index in [1.54, 1.807) is 6.92 Å². The molecule has 0 amide bonds. The topological polar surface area (TPSA) is 50.9 Å². The van der Waals surface area contributed by atoms with Crippen molar-refractivity contribution in [2.75, 3.05) is 6.61 Å². The zero-order valence-electron chi connectivity index (χ0n) is 8.99. The molecule has 7 heteroatoms. The molecule has 0 aliphatic rings. The molecule has 4 nitrogen and oxygen atoms in total. The Morgan fingerprint density at radius 3 is 2.71 bits per heavy atom. The molecular formula is C10H10F3N3O. The van der Waals surface area contributed by atoms with Gasteiger partial charge in [0.05, 0.1) is 6.61 Å². The predicted molar refractivity (Wildman–Crippen MR) is 54.4 cm³/mol. The van der Waals surface area contributed by atoms with Crippen LogP contribution in [-0.2, 0) is 12.7 Å². The summed E-state index contributed by atoms with van der Waals surface area (Å²) >= 11 is 0. The van der Waals surface area contributed by atoms with Gasteiger partial charge in [0, 0.05) is 12.7 Å². The predicted octanol–water partition coefficient (Wildman–Crippen LogP) is 1.75. The van der Waals surface area contributed by atoms with Crippen molar-refractivity contribution in [3.63, 3.8) is 0 Å². The molecule has 0 saturated carbocycles. The van der Waals surface area contributed by atoms with Gasteiger partial charge in [-0.2, -0.15) is 13.2 Å². The highest BCUT2D eigenvalue weighted by molar-refractivity contribution is 5.72. The summed E-state index contributed by atoms with van der Waals surface area (Å²) in [7, 11) is 0. The second-order valence-electron chi connectivity index (χ2n) is 3.66. The van der Waals surface area contributed by atoms with E-state index in [1.807, 2.05) is 0 Å². The van der Waals surface area contributed by atoms with Crippen molar-refractivity contribution in [1.29, 1.82) is 0 Å². The quantitative estimate of drug-likeness (QED) is 0.876. The van der Waals surface area contributed by atoms with Crippen LogP contribution in [0.2, 0.25) is 0 Å². The largest absolute Gasteiger partial charge is 0.449 e.